The zero-order valence-electron chi connectivity index (χ0n) is 16.8. The van der Waals surface area contributed by atoms with E-state index in [1.54, 1.807) is 11.1 Å². The van der Waals surface area contributed by atoms with E-state index in [1.807, 2.05) is 56.3 Å². The van der Waals surface area contributed by atoms with Crippen molar-refractivity contribution < 1.29 is 4.79 Å². The molecule has 2 aromatic rings. The van der Waals surface area contributed by atoms with Crippen LogP contribution < -0.4 is 5.32 Å². The van der Waals surface area contributed by atoms with Crippen molar-refractivity contribution in [2.24, 2.45) is 0 Å². The molecule has 1 N–H and O–H groups in total. The molecular formula is C24H29N3O. The summed E-state index contributed by atoms with van der Waals surface area (Å²) in [5.74, 6) is -0.238. The molecule has 0 aromatic heterocycles. The van der Waals surface area contributed by atoms with E-state index in [0.717, 1.165) is 31.4 Å². The molecule has 146 valence electrons. The molecule has 0 heterocycles. The van der Waals surface area contributed by atoms with Crippen LogP contribution >= 0.6 is 0 Å². The molecule has 2 aromatic carbocycles. The summed E-state index contributed by atoms with van der Waals surface area (Å²) in [6.07, 6.45) is 4.64. The van der Waals surface area contributed by atoms with E-state index in [1.165, 1.54) is 5.56 Å². The summed E-state index contributed by atoms with van der Waals surface area (Å²) in [6.45, 7) is 5.17. The molecule has 4 nitrogen and oxygen atoms in total. The normalized spacial score (nSPS) is 11.1. The molecule has 0 spiro atoms. The molecule has 0 saturated carbocycles. The van der Waals surface area contributed by atoms with Crippen LogP contribution in [0.25, 0.3) is 0 Å². The maximum absolute atomic E-state index is 12.8. The molecule has 0 aliphatic carbocycles. The van der Waals surface area contributed by atoms with Crippen molar-refractivity contribution in [3.05, 3.63) is 83.6 Å². The Bertz CT molecular complexity index is 792. The highest BCUT2D eigenvalue weighted by Gasteiger charge is 2.21. The van der Waals surface area contributed by atoms with Gasteiger partial charge in [-0.2, -0.15) is 5.26 Å². The summed E-state index contributed by atoms with van der Waals surface area (Å²) in [6, 6.07) is 22.3. The van der Waals surface area contributed by atoms with Gasteiger partial charge in [0.15, 0.2) is 0 Å². The van der Waals surface area contributed by atoms with Crippen LogP contribution in [0.4, 0.5) is 0 Å². The van der Waals surface area contributed by atoms with Crippen molar-refractivity contribution in [3.63, 3.8) is 0 Å². The van der Waals surface area contributed by atoms with Gasteiger partial charge in [-0.25, -0.2) is 0 Å². The lowest BCUT2D eigenvalue weighted by Gasteiger charge is -2.26. The molecule has 0 aliphatic heterocycles. The second kappa shape index (κ2) is 11.6. The number of carbonyl (C=O) groups excluding carboxylic acids is 1. The third-order valence-corrected chi connectivity index (χ3v) is 4.56. The summed E-state index contributed by atoms with van der Waals surface area (Å²) in [5, 5.41) is 12.6. The predicted molar refractivity (Wildman–Crippen MR) is 113 cm³/mol. The SMILES string of the molecule is CC(C)N(Cc1ccccc1)C(=O)/C(C#N)=C\NCCCCc1ccccc1. The molecule has 0 aliphatic rings. The fourth-order valence-electron chi connectivity index (χ4n) is 2.94. The minimum atomic E-state index is -0.238. The Labute approximate surface area is 168 Å². The average Bonchev–Trinajstić information content (AvgIpc) is 2.72. The summed E-state index contributed by atoms with van der Waals surface area (Å²) < 4.78 is 0. The van der Waals surface area contributed by atoms with Crippen LogP contribution in [0.2, 0.25) is 0 Å². The topological polar surface area (TPSA) is 56.1 Å². The molecule has 0 unspecified atom stereocenters. The standard InChI is InChI=1S/C24H29N3O/c1-20(2)27(19-22-14-7-4-8-15-22)24(28)23(17-25)18-26-16-10-9-13-21-11-5-3-6-12-21/h3-8,11-12,14-15,18,20,26H,9-10,13,16,19H2,1-2H3/b23-18-. The number of carbonyl (C=O) groups is 1. The van der Waals surface area contributed by atoms with Crippen LogP contribution in [0.5, 0.6) is 0 Å². The van der Waals surface area contributed by atoms with Crippen LogP contribution in [0, 0.1) is 11.3 Å². The van der Waals surface area contributed by atoms with Crippen LogP contribution in [0.3, 0.4) is 0 Å². The third kappa shape index (κ3) is 6.92. The van der Waals surface area contributed by atoms with Gasteiger partial charge in [-0.05, 0) is 44.2 Å². The van der Waals surface area contributed by atoms with Gasteiger partial charge in [0.1, 0.15) is 11.6 Å². The van der Waals surface area contributed by atoms with Gasteiger partial charge in [-0.1, -0.05) is 60.7 Å². The molecule has 4 heteroatoms. The molecule has 28 heavy (non-hydrogen) atoms. The Morgan fingerprint density at radius 3 is 2.21 bits per heavy atom. The highest BCUT2D eigenvalue weighted by Crippen LogP contribution is 2.12. The van der Waals surface area contributed by atoms with Crippen LogP contribution in [0.1, 0.15) is 37.8 Å². The predicted octanol–water partition coefficient (Wildman–Crippen LogP) is 4.44. The van der Waals surface area contributed by atoms with Crippen molar-refractivity contribution in [3.8, 4) is 6.07 Å². The third-order valence-electron chi connectivity index (χ3n) is 4.56. The molecule has 0 saturated heterocycles. The molecule has 1 amide bonds. The van der Waals surface area contributed by atoms with E-state index < -0.39 is 0 Å². The number of nitrogens with zero attached hydrogens (tertiary/aromatic N) is 2. The van der Waals surface area contributed by atoms with E-state index in [4.69, 9.17) is 0 Å². The fraction of sp³-hybridized carbons (Fsp3) is 0.333. The molecule has 2 rings (SSSR count). The van der Waals surface area contributed by atoms with Crippen LogP contribution in [-0.2, 0) is 17.8 Å². The largest absolute Gasteiger partial charge is 0.390 e. The minimum absolute atomic E-state index is 0.00956. The van der Waals surface area contributed by atoms with Gasteiger partial charge in [-0.3, -0.25) is 4.79 Å². The first kappa shape index (κ1) is 21.2. The van der Waals surface area contributed by atoms with E-state index in [0.29, 0.717) is 6.54 Å². The second-order valence-corrected chi connectivity index (χ2v) is 7.08. The zero-order valence-corrected chi connectivity index (χ0v) is 16.8. The Balaban J connectivity index is 1.85. The van der Waals surface area contributed by atoms with Crippen molar-refractivity contribution in [2.75, 3.05) is 6.54 Å². The van der Waals surface area contributed by atoms with E-state index in [2.05, 4.69) is 29.6 Å². The second-order valence-electron chi connectivity index (χ2n) is 7.08. The van der Waals surface area contributed by atoms with E-state index in [-0.39, 0.29) is 17.5 Å². The van der Waals surface area contributed by atoms with Crippen LogP contribution in [-0.4, -0.2) is 23.4 Å². The number of aryl methyl sites for hydroxylation is 1. The first-order chi connectivity index (χ1) is 13.6. The lowest BCUT2D eigenvalue weighted by atomic mass is 10.1. The smallest absolute Gasteiger partial charge is 0.266 e. The molecule has 0 atom stereocenters. The maximum atomic E-state index is 12.8. The number of benzene rings is 2. The first-order valence-electron chi connectivity index (χ1n) is 9.84. The van der Waals surface area contributed by atoms with Crippen molar-refractivity contribution in [2.45, 2.75) is 45.7 Å². The van der Waals surface area contributed by atoms with Gasteiger partial charge in [0.05, 0.1) is 0 Å². The molecular weight excluding hydrogens is 346 g/mol. The van der Waals surface area contributed by atoms with E-state index in [9.17, 15) is 10.1 Å². The van der Waals surface area contributed by atoms with E-state index >= 15 is 0 Å². The van der Waals surface area contributed by atoms with Crippen molar-refractivity contribution in [1.29, 1.82) is 5.26 Å². The lowest BCUT2D eigenvalue weighted by Crippen LogP contribution is -2.37. The Hall–Kier alpha value is -3.06. The molecule has 0 bridgehead atoms. The highest BCUT2D eigenvalue weighted by molar-refractivity contribution is 5.97. The van der Waals surface area contributed by atoms with Crippen molar-refractivity contribution in [1.82, 2.24) is 10.2 Å². The molecule has 0 fully saturated rings. The van der Waals surface area contributed by atoms with Gasteiger partial charge in [0.25, 0.3) is 5.91 Å². The van der Waals surface area contributed by atoms with Gasteiger partial charge in [0.2, 0.25) is 0 Å². The summed E-state index contributed by atoms with van der Waals surface area (Å²) in [5.41, 5.74) is 2.53. The minimum Gasteiger partial charge on any atom is -0.390 e. The number of nitrogens with one attached hydrogen (secondary N) is 1. The van der Waals surface area contributed by atoms with Gasteiger partial charge >= 0.3 is 0 Å². The van der Waals surface area contributed by atoms with Crippen LogP contribution in [0.15, 0.2) is 72.4 Å². The zero-order chi connectivity index (χ0) is 20.2. The lowest BCUT2D eigenvalue weighted by molar-refractivity contribution is -0.129. The van der Waals surface area contributed by atoms with Gasteiger partial charge in [-0.15, -0.1) is 0 Å². The summed E-state index contributed by atoms with van der Waals surface area (Å²) >= 11 is 0. The summed E-state index contributed by atoms with van der Waals surface area (Å²) in [4.78, 5) is 14.5. The monoisotopic (exact) mass is 375 g/mol. The average molecular weight is 376 g/mol. The number of hydrogen-bond donors (Lipinski definition) is 1. The number of hydrogen-bond acceptors (Lipinski definition) is 3. The highest BCUT2D eigenvalue weighted by atomic mass is 16.2. The number of amides is 1. The number of rotatable bonds is 10. The molecule has 0 radical (unpaired) electrons. The van der Waals surface area contributed by atoms with Gasteiger partial charge in [0, 0.05) is 25.3 Å². The first-order valence-corrected chi connectivity index (χ1v) is 9.84. The van der Waals surface area contributed by atoms with Crippen molar-refractivity contribution >= 4 is 5.91 Å². The Morgan fingerprint density at radius 1 is 1.04 bits per heavy atom. The summed E-state index contributed by atoms with van der Waals surface area (Å²) in [7, 11) is 0. The fourth-order valence-corrected chi connectivity index (χ4v) is 2.94. The van der Waals surface area contributed by atoms with Gasteiger partial charge < -0.3 is 10.2 Å². The maximum Gasteiger partial charge on any atom is 0.266 e. The quantitative estimate of drug-likeness (QED) is 0.379. The Morgan fingerprint density at radius 2 is 1.64 bits per heavy atom. The Kier molecular flexibility index (Phi) is 8.81. The number of unbranched alkanes of at least 4 members (excludes halogenated alkanes) is 1. The number of nitriles is 1.